The lowest BCUT2D eigenvalue weighted by atomic mass is 10.0. The molecule has 0 aliphatic rings. The Labute approximate surface area is 100 Å². The van der Waals surface area contributed by atoms with E-state index >= 15 is 0 Å². The Morgan fingerprint density at radius 3 is 2.81 bits per heavy atom. The number of carbonyl (C=O) groups is 1. The van der Waals surface area contributed by atoms with Crippen LogP contribution in [0.1, 0.15) is 27.9 Å². The zero-order valence-corrected chi connectivity index (χ0v) is 10.00. The molecule has 0 saturated carbocycles. The number of aryl methyl sites for hydroxylation is 1. The molecule has 86 valence electrons. The van der Waals surface area contributed by atoms with Crippen LogP contribution in [0.2, 0.25) is 0 Å². The number of carboxylic acids is 1. The van der Waals surface area contributed by atoms with Gasteiger partial charge in [0.05, 0.1) is 11.3 Å². The van der Waals surface area contributed by atoms with Crippen molar-refractivity contribution >= 4 is 30.4 Å². The fourth-order valence-corrected chi connectivity index (χ4v) is 1.57. The first-order valence-electron chi connectivity index (χ1n) is 4.97. The Bertz CT molecular complexity index is 427. The summed E-state index contributed by atoms with van der Waals surface area (Å²) in [6.07, 6.45) is 4.60. The molecule has 0 bridgehead atoms. The molecule has 0 atom stereocenters. The third-order valence-corrected chi connectivity index (χ3v) is 2.44. The summed E-state index contributed by atoms with van der Waals surface area (Å²) in [6, 6.07) is 3.45. The van der Waals surface area contributed by atoms with Crippen LogP contribution in [0, 0.1) is 6.92 Å². The highest BCUT2D eigenvalue weighted by atomic mass is 32.1. The summed E-state index contributed by atoms with van der Waals surface area (Å²) in [4.78, 5) is 10.9. The smallest absolute Gasteiger partial charge is 0.337 e. The molecule has 1 rings (SSSR count). The SMILES string of the molecule is Cc1cc(C=CCCS)c(N)c(C(=O)O)c1. The number of thiol groups is 1. The van der Waals surface area contributed by atoms with Crippen molar-refractivity contribution in [2.75, 3.05) is 11.5 Å². The Morgan fingerprint density at radius 1 is 1.56 bits per heavy atom. The summed E-state index contributed by atoms with van der Waals surface area (Å²) in [5, 5.41) is 8.97. The maximum Gasteiger partial charge on any atom is 0.337 e. The van der Waals surface area contributed by atoms with Gasteiger partial charge in [-0.25, -0.2) is 4.79 Å². The van der Waals surface area contributed by atoms with Crippen molar-refractivity contribution in [1.29, 1.82) is 0 Å². The average Bonchev–Trinajstić information content (AvgIpc) is 2.22. The van der Waals surface area contributed by atoms with Crippen molar-refractivity contribution in [3.05, 3.63) is 34.9 Å². The van der Waals surface area contributed by atoms with Gasteiger partial charge in [0.15, 0.2) is 0 Å². The molecule has 0 aliphatic carbocycles. The van der Waals surface area contributed by atoms with Crippen LogP contribution in [0.3, 0.4) is 0 Å². The van der Waals surface area contributed by atoms with Gasteiger partial charge in [-0.2, -0.15) is 12.6 Å². The van der Waals surface area contributed by atoms with Gasteiger partial charge in [-0.05, 0) is 42.4 Å². The molecule has 0 aliphatic heterocycles. The Hall–Kier alpha value is -1.42. The van der Waals surface area contributed by atoms with E-state index < -0.39 is 5.97 Å². The van der Waals surface area contributed by atoms with E-state index in [1.807, 2.05) is 25.1 Å². The fourth-order valence-electron chi connectivity index (χ4n) is 1.43. The zero-order valence-electron chi connectivity index (χ0n) is 9.10. The summed E-state index contributed by atoms with van der Waals surface area (Å²) in [6.45, 7) is 1.85. The maximum atomic E-state index is 10.9. The predicted molar refractivity (Wildman–Crippen MR) is 70.1 cm³/mol. The van der Waals surface area contributed by atoms with E-state index in [1.165, 1.54) is 0 Å². The molecule has 0 saturated heterocycles. The van der Waals surface area contributed by atoms with Crippen LogP contribution in [-0.4, -0.2) is 16.8 Å². The lowest BCUT2D eigenvalue weighted by Gasteiger charge is -2.06. The standard InChI is InChI=1S/C12H15NO2S/c1-8-6-9(4-2-3-5-16)11(13)10(7-8)12(14)15/h2,4,6-7,16H,3,5,13H2,1H3,(H,14,15). The second-order valence-corrected chi connectivity index (χ2v) is 3.98. The van der Waals surface area contributed by atoms with E-state index in [2.05, 4.69) is 12.6 Å². The van der Waals surface area contributed by atoms with Gasteiger partial charge in [0.25, 0.3) is 0 Å². The fraction of sp³-hybridized carbons (Fsp3) is 0.250. The largest absolute Gasteiger partial charge is 0.478 e. The molecular formula is C12H15NO2S. The van der Waals surface area contributed by atoms with Crippen LogP contribution in [-0.2, 0) is 0 Å². The van der Waals surface area contributed by atoms with Crippen LogP contribution in [0.4, 0.5) is 5.69 Å². The monoisotopic (exact) mass is 237 g/mol. The minimum atomic E-state index is -0.995. The number of allylic oxidation sites excluding steroid dienone is 1. The number of hydrogen-bond acceptors (Lipinski definition) is 3. The van der Waals surface area contributed by atoms with Crippen molar-refractivity contribution in [3.63, 3.8) is 0 Å². The normalized spacial score (nSPS) is 10.9. The summed E-state index contributed by atoms with van der Waals surface area (Å²) >= 11 is 4.09. The molecular weight excluding hydrogens is 222 g/mol. The van der Waals surface area contributed by atoms with Gasteiger partial charge < -0.3 is 10.8 Å². The van der Waals surface area contributed by atoms with Gasteiger partial charge in [-0.3, -0.25) is 0 Å². The second-order valence-electron chi connectivity index (χ2n) is 3.54. The number of rotatable bonds is 4. The number of aromatic carboxylic acids is 1. The van der Waals surface area contributed by atoms with Crippen LogP contribution in [0.15, 0.2) is 18.2 Å². The zero-order chi connectivity index (χ0) is 12.1. The van der Waals surface area contributed by atoms with Crippen molar-refractivity contribution in [1.82, 2.24) is 0 Å². The third kappa shape index (κ3) is 3.03. The Balaban J connectivity index is 3.14. The highest BCUT2D eigenvalue weighted by molar-refractivity contribution is 7.80. The van der Waals surface area contributed by atoms with E-state index in [1.54, 1.807) is 6.07 Å². The van der Waals surface area contributed by atoms with Crippen molar-refractivity contribution in [2.24, 2.45) is 0 Å². The molecule has 0 aromatic heterocycles. The molecule has 1 aromatic carbocycles. The number of nitrogen functional groups attached to an aromatic ring is 1. The molecule has 16 heavy (non-hydrogen) atoms. The van der Waals surface area contributed by atoms with Crippen molar-refractivity contribution in [3.8, 4) is 0 Å². The van der Waals surface area contributed by atoms with Crippen molar-refractivity contribution in [2.45, 2.75) is 13.3 Å². The van der Waals surface area contributed by atoms with Gasteiger partial charge >= 0.3 is 5.97 Å². The predicted octanol–water partition coefficient (Wildman–Crippen LogP) is 2.61. The number of carboxylic acid groups (broad SMARTS) is 1. The average molecular weight is 237 g/mol. The summed E-state index contributed by atoms with van der Waals surface area (Å²) < 4.78 is 0. The molecule has 3 nitrogen and oxygen atoms in total. The maximum absolute atomic E-state index is 10.9. The van der Waals surface area contributed by atoms with E-state index in [0.29, 0.717) is 5.69 Å². The molecule has 0 fully saturated rings. The van der Waals surface area contributed by atoms with E-state index in [-0.39, 0.29) is 5.56 Å². The second kappa shape index (κ2) is 5.61. The molecule has 0 amide bonds. The van der Waals surface area contributed by atoms with Gasteiger partial charge in [-0.15, -0.1) is 0 Å². The van der Waals surface area contributed by atoms with E-state index in [4.69, 9.17) is 10.8 Å². The van der Waals surface area contributed by atoms with Crippen molar-refractivity contribution < 1.29 is 9.90 Å². The lowest BCUT2D eigenvalue weighted by Crippen LogP contribution is -2.04. The summed E-state index contributed by atoms with van der Waals surface area (Å²) in [5.74, 6) is -0.237. The van der Waals surface area contributed by atoms with Crippen LogP contribution in [0.25, 0.3) is 6.08 Å². The molecule has 1 aromatic rings. The highest BCUT2D eigenvalue weighted by Gasteiger charge is 2.10. The van der Waals surface area contributed by atoms with Gasteiger partial charge in [0, 0.05) is 0 Å². The molecule has 0 unspecified atom stereocenters. The van der Waals surface area contributed by atoms with Crippen LogP contribution >= 0.6 is 12.6 Å². The van der Waals surface area contributed by atoms with Gasteiger partial charge in [0.2, 0.25) is 0 Å². The van der Waals surface area contributed by atoms with Crippen LogP contribution < -0.4 is 5.73 Å². The minimum absolute atomic E-state index is 0.158. The first-order chi connectivity index (χ1) is 7.56. The Morgan fingerprint density at radius 2 is 2.25 bits per heavy atom. The van der Waals surface area contributed by atoms with Gasteiger partial charge in [-0.1, -0.05) is 12.2 Å². The molecule has 0 spiro atoms. The van der Waals surface area contributed by atoms with E-state index in [0.717, 1.165) is 23.3 Å². The Kier molecular flexibility index (Phi) is 4.43. The first-order valence-corrected chi connectivity index (χ1v) is 5.60. The topological polar surface area (TPSA) is 63.3 Å². The number of benzene rings is 1. The number of anilines is 1. The highest BCUT2D eigenvalue weighted by Crippen LogP contribution is 2.21. The summed E-state index contributed by atoms with van der Waals surface area (Å²) in [5.41, 5.74) is 7.89. The molecule has 3 N–H and O–H groups in total. The molecule has 0 heterocycles. The molecule has 4 heteroatoms. The minimum Gasteiger partial charge on any atom is -0.478 e. The number of hydrogen-bond donors (Lipinski definition) is 3. The van der Waals surface area contributed by atoms with Gasteiger partial charge in [0.1, 0.15) is 0 Å². The van der Waals surface area contributed by atoms with Crippen LogP contribution in [0.5, 0.6) is 0 Å². The van der Waals surface area contributed by atoms with E-state index in [9.17, 15) is 4.79 Å². The summed E-state index contributed by atoms with van der Waals surface area (Å²) in [7, 11) is 0. The first kappa shape index (κ1) is 12.6. The lowest BCUT2D eigenvalue weighted by molar-refractivity contribution is 0.0698. The molecule has 0 radical (unpaired) electrons. The third-order valence-electron chi connectivity index (χ3n) is 2.18. The quantitative estimate of drug-likeness (QED) is 0.557. The number of nitrogens with two attached hydrogens (primary N) is 1.